The first-order chi connectivity index (χ1) is 12.0. The van der Waals surface area contributed by atoms with Crippen LogP contribution in [0.2, 0.25) is 0 Å². The summed E-state index contributed by atoms with van der Waals surface area (Å²) in [7, 11) is 0. The van der Waals surface area contributed by atoms with Crippen LogP contribution in [0.15, 0.2) is 0 Å². The van der Waals surface area contributed by atoms with E-state index in [2.05, 4.69) is 0 Å². The van der Waals surface area contributed by atoms with E-state index < -0.39 is 5.97 Å². The Hall–Kier alpha value is -1.72. The molecule has 0 radical (unpaired) electrons. The minimum Gasteiger partial charge on any atom is -0.481 e. The van der Waals surface area contributed by atoms with Crippen molar-refractivity contribution in [1.29, 1.82) is 0 Å². The quantitative estimate of drug-likeness (QED) is 0.326. The number of aliphatic carboxylic acids is 1. The number of Topliss-reactive ketones (excluding diaryl/α,β-unsaturated/α-hetero) is 2. The number of carbonyl (C=O) groups is 4. The van der Waals surface area contributed by atoms with Gasteiger partial charge in [0.2, 0.25) is 0 Å². The van der Waals surface area contributed by atoms with Crippen molar-refractivity contribution in [1.82, 2.24) is 0 Å². The molecule has 0 aliphatic heterocycles. The van der Waals surface area contributed by atoms with Crippen molar-refractivity contribution < 1.29 is 29.0 Å². The summed E-state index contributed by atoms with van der Waals surface area (Å²) in [5.41, 5.74) is -0.275. The van der Waals surface area contributed by atoms with Gasteiger partial charge >= 0.3 is 5.97 Å². The molecule has 0 aromatic heterocycles. The van der Waals surface area contributed by atoms with Gasteiger partial charge in [-0.2, -0.15) is 0 Å². The molecule has 0 rings (SSSR count). The van der Waals surface area contributed by atoms with Gasteiger partial charge in [-0.1, -0.05) is 27.7 Å². The van der Waals surface area contributed by atoms with Gasteiger partial charge in [-0.05, 0) is 36.5 Å². The fraction of sp³-hybridized carbons (Fsp3) is 0.800. The van der Waals surface area contributed by atoms with Crippen LogP contribution in [0.25, 0.3) is 0 Å². The van der Waals surface area contributed by atoms with Gasteiger partial charge < -0.3 is 9.84 Å². The van der Waals surface area contributed by atoms with Gasteiger partial charge in [0, 0.05) is 32.1 Å². The molecule has 150 valence electrons. The topological polar surface area (TPSA) is 97.7 Å². The maximum atomic E-state index is 12.0. The summed E-state index contributed by atoms with van der Waals surface area (Å²) in [5, 5.41) is 8.74. The van der Waals surface area contributed by atoms with E-state index in [-0.39, 0.29) is 41.7 Å². The zero-order valence-corrected chi connectivity index (χ0v) is 16.6. The van der Waals surface area contributed by atoms with Gasteiger partial charge in [-0.25, -0.2) is 0 Å². The third-order valence-electron chi connectivity index (χ3n) is 4.82. The van der Waals surface area contributed by atoms with Gasteiger partial charge in [-0.3, -0.25) is 19.2 Å². The van der Waals surface area contributed by atoms with Crippen LogP contribution >= 0.6 is 0 Å². The predicted molar refractivity (Wildman–Crippen MR) is 98.8 cm³/mol. The standard InChI is InChI=1S/C20H34O6/c1-19(2,12-9-18(24)25)10-7-16(22)5-6-17(23)8-11-20(3,4)13-14-26-15-21/h15H,5-14H2,1-4H3,(H,24,25). The first-order valence-corrected chi connectivity index (χ1v) is 9.28. The Kier molecular flexibility index (Phi) is 11.0. The number of carbonyl (C=O) groups excluding carboxylic acids is 3. The van der Waals surface area contributed by atoms with E-state index >= 15 is 0 Å². The highest BCUT2D eigenvalue weighted by atomic mass is 16.5. The molecule has 0 aromatic carbocycles. The predicted octanol–water partition coefficient (Wildman–Crippen LogP) is 3.95. The smallest absolute Gasteiger partial charge is 0.303 e. The number of rotatable bonds is 16. The molecule has 0 saturated carbocycles. The van der Waals surface area contributed by atoms with Gasteiger partial charge in [0.05, 0.1) is 6.61 Å². The number of ketones is 2. The Morgan fingerprint density at radius 2 is 1.19 bits per heavy atom. The third kappa shape index (κ3) is 13.6. The molecule has 0 fully saturated rings. The van der Waals surface area contributed by atoms with Crippen LogP contribution in [0.5, 0.6) is 0 Å². The minimum absolute atomic E-state index is 0.0559. The van der Waals surface area contributed by atoms with Crippen LogP contribution in [0.1, 0.15) is 85.5 Å². The number of hydrogen-bond acceptors (Lipinski definition) is 5. The van der Waals surface area contributed by atoms with Crippen molar-refractivity contribution in [2.45, 2.75) is 85.5 Å². The summed E-state index contributed by atoms with van der Waals surface area (Å²) >= 11 is 0. The molecule has 0 aliphatic rings. The van der Waals surface area contributed by atoms with Crippen molar-refractivity contribution in [3.8, 4) is 0 Å². The van der Waals surface area contributed by atoms with Crippen molar-refractivity contribution in [3.63, 3.8) is 0 Å². The summed E-state index contributed by atoms with van der Waals surface area (Å²) in [5.74, 6) is -0.691. The molecule has 0 aromatic rings. The third-order valence-corrected chi connectivity index (χ3v) is 4.82. The highest BCUT2D eigenvalue weighted by Crippen LogP contribution is 2.29. The fourth-order valence-corrected chi connectivity index (χ4v) is 2.56. The second-order valence-electron chi connectivity index (χ2n) is 8.52. The van der Waals surface area contributed by atoms with Gasteiger partial charge in [-0.15, -0.1) is 0 Å². The maximum absolute atomic E-state index is 12.0. The van der Waals surface area contributed by atoms with E-state index in [1.807, 2.05) is 27.7 Å². The van der Waals surface area contributed by atoms with E-state index in [9.17, 15) is 19.2 Å². The number of ether oxygens (including phenoxy) is 1. The zero-order chi connectivity index (χ0) is 20.2. The highest BCUT2D eigenvalue weighted by Gasteiger charge is 2.22. The van der Waals surface area contributed by atoms with Gasteiger partial charge in [0.15, 0.2) is 0 Å². The van der Waals surface area contributed by atoms with Crippen LogP contribution in [0.4, 0.5) is 0 Å². The molecule has 0 spiro atoms. The Labute approximate surface area is 156 Å². The van der Waals surface area contributed by atoms with Crippen LogP contribution in [-0.2, 0) is 23.9 Å². The minimum atomic E-state index is -0.823. The molecule has 0 aliphatic carbocycles. The van der Waals surface area contributed by atoms with Gasteiger partial charge in [0.25, 0.3) is 6.47 Å². The lowest BCUT2D eigenvalue weighted by Crippen LogP contribution is -2.17. The zero-order valence-electron chi connectivity index (χ0n) is 16.6. The van der Waals surface area contributed by atoms with Crippen LogP contribution < -0.4 is 0 Å². The van der Waals surface area contributed by atoms with Crippen LogP contribution in [-0.4, -0.2) is 35.7 Å². The van der Waals surface area contributed by atoms with E-state index in [0.717, 1.165) is 0 Å². The van der Waals surface area contributed by atoms with E-state index in [1.165, 1.54) is 0 Å². The summed E-state index contributed by atoms with van der Waals surface area (Å²) in [4.78, 5) is 44.8. The summed E-state index contributed by atoms with van der Waals surface area (Å²) < 4.78 is 4.70. The number of hydrogen-bond donors (Lipinski definition) is 1. The van der Waals surface area contributed by atoms with Crippen molar-refractivity contribution in [2.75, 3.05) is 6.61 Å². The Morgan fingerprint density at radius 1 is 0.769 bits per heavy atom. The molecule has 0 saturated heterocycles. The van der Waals surface area contributed by atoms with E-state index in [1.54, 1.807) is 0 Å². The monoisotopic (exact) mass is 370 g/mol. The molecule has 0 amide bonds. The second kappa shape index (κ2) is 11.8. The lowest BCUT2D eigenvalue weighted by molar-refractivity contribution is -0.137. The number of carboxylic acid groups (broad SMARTS) is 1. The molecule has 0 atom stereocenters. The molecule has 1 N–H and O–H groups in total. The highest BCUT2D eigenvalue weighted by molar-refractivity contribution is 5.86. The van der Waals surface area contributed by atoms with E-state index in [4.69, 9.17) is 9.84 Å². The first kappa shape index (κ1) is 24.3. The molecule has 0 heterocycles. The average Bonchev–Trinajstić information content (AvgIpc) is 2.55. The first-order valence-electron chi connectivity index (χ1n) is 9.28. The fourth-order valence-electron chi connectivity index (χ4n) is 2.56. The number of carboxylic acids is 1. The Morgan fingerprint density at radius 3 is 1.62 bits per heavy atom. The molecule has 26 heavy (non-hydrogen) atoms. The molecule has 0 unspecified atom stereocenters. The SMILES string of the molecule is CC(C)(CCOC=O)CCC(=O)CCC(=O)CCC(C)(C)CCC(=O)O. The summed E-state index contributed by atoms with van der Waals surface area (Å²) in [6.07, 6.45) is 3.99. The average molecular weight is 370 g/mol. The summed E-state index contributed by atoms with van der Waals surface area (Å²) in [6, 6.07) is 0. The van der Waals surface area contributed by atoms with Crippen molar-refractivity contribution in [3.05, 3.63) is 0 Å². The molecule has 6 heteroatoms. The van der Waals surface area contributed by atoms with Crippen molar-refractivity contribution >= 4 is 24.0 Å². The maximum Gasteiger partial charge on any atom is 0.303 e. The normalized spacial score (nSPS) is 11.8. The Bertz CT molecular complexity index is 479. The van der Waals surface area contributed by atoms with Crippen molar-refractivity contribution in [2.24, 2.45) is 10.8 Å². The second-order valence-corrected chi connectivity index (χ2v) is 8.52. The van der Waals surface area contributed by atoms with Crippen LogP contribution in [0, 0.1) is 10.8 Å². The molecule has 6 nitrogen and oxygen atoms in total. The Balaban J connectivity index is 4.02. The lowest BCUT2D eigenvalue weighted by atomic mass is 9.82. The molecule has 0 bridgehead atoms. The molecular formula is C20H34O6. The summed E-state index contributed by atoms with van der Waals surface area (Å²) in [6.45, 7) is 8.75. The largest absolute Gasteiger partial charge is 0.481 e. The van der Waals surface area contributed by atoms with E-state index in [0.29, 0.717) is 51.6 Å². The molecular weight excluding hydrogens is 336 g/mol. The lowest BCUT2D eigenvalue weighted by Gasteiger charge is -2.23. The van der Waals surface area contributed by atoms with Crippen LogP contribution in [0.3, 0.4) is 0 Å². The van der Waals surface area contributed by atoms with Gasteiger partial charge in [0.1, 0.15) is 11.6 Å².